The molecule has 0 radical (unpaired) electrons. The molecule has 14 fully saturated rings. The molecule has 0 aromatic heterocycles. The third-order valence-electron chi connectivity index (χ3n) is 31.5. The number of aldehydes is 1. The van der Waals surface area contributed by atoms with E-state index in [4.69, 9.17) is 42.7 Å². The van der Waals surface area contributed by atoms with Crippen molar-refractivity contribution in [2.45, 2.75) is 327 Å². The molecule has 0 aromatic rings. The topological polar surface area (TPSA) is 221 Å². The summed E-state index contributed by atoms with van der Waals surface area (Å²) >= 11 is 0. The van der Waals surface area contributed by atoms with E-state index in [1.165, 1.54) is 71.1 Å². The molecule has 14 aliphatic rings. The van der Waals surface area contributed by atoms with E-state index in [0.29, 0.717) is 96.5 Å². The number of morpholine rings is 2. The number of hydrogen-bond donors (Lipinski definition) is 5. The van der Waals surface area contributed by atoms with E-state index in [-0.39, 0.29) is 114 Å². The number of ether oxygens (including phenoxy) is 8. The molecule has 97 heavy (non-hydrogen) atoms. The van der Waals surface area contributed by atoms with Crippen LogP contribution in [-0.2, 0) is 52.3 Å². The monoisotopic (exact) mass is 1370 g/mol. The minimum Gasteiger partial charge on any atom is -0.390 e. The van der Waals surface area contributed by atoms with Gasteiger partial charge in [0.05, 0.1) is 86.3 Å². The Bertz CT molecular complexity index is 2800. The number of hydrogen-bond acceptors (Lipinski definition) is 17. The highest BCUT2D eigenvalue weighted by molar-refractivity contribution is 6.23. The number of nitrogens with one attached hydrogen (secondary N) is 1. The van der Waals surface area contributed by atoms with Crippen LogP contribution in [0.25, 0.3) is 0 Å². The van der Waals surface area contributed by atoms with E-state index < -0.39 is 41.4 Å². The van der Waals surface area contributed by atoms with E-state index in [0.717, 1.165) is 64.8 Å². The van der Waals surface area contributed by atoms with Crippen LogP contribution in [0.1, 0.15) is 242 Å². The van der Waals surface area contributed by atoms with E-state index in [1.807, 2.05) is 41.5 Å². The Hall–Kier alpha value is -1.55. The Morgan fingerprint density at radius 1 is 0.608 bits per heavy atom. The summed E-state index contributed by atoms with van der Waals surface area (Å²) in [5.74, 6) is 3.40. The first kappa shape index (κ1) is 78.0. The molecule has 0 amide bonds. The van der Waals surface area contributed by atoms with Crippen molar-refractivity contribution in [3.05, 3.63) is 0 Å². The molecule has 17 nitrogen and oxygen atoms in total. The van der Waals surface area contributed by atoms with Crippen LogP contribution in [0.4, 0.5) is 0 Å². The second-order valence-corrected chi connectivity index (χ2v) is 37.4. The molecule has 0 bridgehead atoms. The van der Waals surface area contributed by atoms with Crippen molar-refractivity contribution in [1.29, 1.82) is 0 Å². The van der Waals surface area contributed by atoms with Crippen molar-refractivity contribution < 1.29 is 72.7 Å². The number of carbonyl (C=O) groups excluding carboxylic acids is 3. The highest BCUT2D eigenvalue weighted by Gasteiger charge is 2.87. The lowest BCUT2D eigenvalue weighted by atomic mass is 9.41. The normalized spacial score (nSPS) is 49.3. The number of Topliss-reactive ketones (excluding diaryl/α,β-unsaturated/α-hetero) is 2. The third kappa shape index (κ3) is 11.9. The van der Waals surface area contributed by atoms with Crippen LogP contribution in [0.2, 0.25) is 0 Å². The molecule has 0 unspecified atom stereocenters. The largest absolute Gasteiger partial charge is 0.390 e. The summed E-state index contributed by atoms with van der Waals surface area (Å²) in [5.41, 5.74) is -0.963. The van der Waals surface area contributed by atoms with Gasteiger partial charge in [-0.05, 0) is 242 Å². The van der Waals surface area contributed by atoms with E-state index in [9.17, 15) is 30.0 Å². The Kier molecular flexibility index (Phi) is 21.8. The minimum absolute atomic E-state index is 0. The molecule has 5 N–H and O–H groups in total. The number of carbonyl (C=O) groups is 3. The average molecular weight is 1370 g/mol. The second-order valence-electron chi connectivity index (χ2n) is 37.4. The van der Waals surface area contributed by atoms with Crippen molar-refractivity contribution in [2.24, 2.45) is 101 Å². The zero-order chi connectivity index (χ0) is 69.0. The van der Waals surface area contributed by atoms with Crippen molar-refractivity contribution in [3.8, 4) is 0 Å². The third-order valence-corrected chi connectivity index (χ3v) is 31.5. The molecule has 10 saturated carbocycles. The van der Waals surface area contributed by atoms with Crippen LogP contribution in [0.5, 0.6) is 0 Å². The summed E-state index contributed by atoms with van der Waals surface area (Å²) in [7, 11) is 0. The van der Waals surface area contributed by atoms with Crippen LogP contribution < -0.4 is 5.32 Å². The summed E-state index contributed by atoms with van der Waals surface area (Å²) in [6, 6.07) is 0. The molecule has 4 heterocycles. The Morgan fingerprint density at radius 2 is 1.01 bits per heavy atom. The quantitative estimate of drug-likeness (QED) is 0.0760. The first-order chi connectivity index (χ1) is 44.4. The van der Waals surface area contributed by atoms with Gasteiger partial charge in [-0.3, -0.25) is 19.3 Å². The Morgan fingerprint density at radius 3 is 1.39 bits per heavy atom. The van der Waals surface area contributed by atoms with Gasteiger partial charge in [-0.15, -0.1) is 0 Å². The van der Waals surface area contributed by atoms with Gasteiger partial charge in [0.25, 0.3) is 0 Å². The number of fused-ring (bicyclic) bond motifs is 8. The van der Waals surface area contributed by atoms with Gasteiger partial charge in [0.1, 0.15) is 18.0 Å². The molecule has 4 spiro atoms. The van der Waals surface area contributed by atoms with Gasteiger partial charge >= 0.3 is 0 Å². The van der Waals surface area contributed by atoms with Crippen molar-refractivity contribution >= 4 is 17.9 Å². The van der Waals surface area contributed by atoms with E-state index in [2.05, 4.69) is 79.5 Å². The fourth-order valence-corrected chi connectivity index (χ4v) is 27.6. The van der Waals surface area contributed by atoms with Gasteiger partial charge in [0, 0.05) is 50.6 Å². The lowest BCUT2D eigenvalue weighted by Crippen LogP contribution is -2.60. The van der Waals surface area contributed by atoms with E-state index in [1.54, 1.807) is 6.92 Å². The van der Waals surface area contributed by atoms with Gasteiger partial charge in [-0.1, -0.05) is 84.1 Å². The predicted octanol–water partition coefficient (Wildman–Crippen LogP) is 12.0. The maximum atomic E-state index is 12.6. The molecule has 14 rings (SSSR count). The smallest absolute Gasteiger partial charge is 0.192 e. The average Bonchev–Trinajstić information content (AvgIpc) is 1.47. The fraction of sp³-hybridized carbons (Fsp3) is 0.963. The molecule has 10 aliphatic carbocycles. The van der Waals surface area contributed by atoms with Gasteiger partial charge in [-0.25, -0.2) is 0 Å². The van der Waals surface area contributed by atoms with Crippen molar-refractivity contribution in [1.82, 2.24) is 10.2 Å². The maximum Gasteiger partial charge on any atom is 0.192 e. The molecule has 4 aliphatic heterocycles. The first-order valence-corrected chi connectivity index (χ1v) is 38.2. The zero-order valence-corrected chi connectivity index (χ0v) is 62.0. The summed E-state index contributed by atoms with van der Waals surface area (Å²) in [4.78, 5) is 32.6. The van der Waals surface area contributed by atoms with Crippen molar-refractivity contribution in [2.75, 3.05) is 59.2 Å². The Labute approximate surface area is 585 Å². The standard InChI is InChI=1S/C39H65NO7.C36H61NO6.C3H4O2.2CH4/c1-10-44-33(35(6,7)43)25-19-23(2)30-31(46-25)32(42)37(9)27-12-11-26-34(4,5)28(47-29-21-40(17-18-45-29)20-24(3)41)13-14-38(26)22-39(27,38)16-15-36(30,37)8;1-9-40-30(32(5,6)39)22-18-21(2)27-28(42-22)29(38)34(8)24-11-10-23-31(3,4)25(43-26-19-37-16-17-41-26)12-13-35(23)20-36(24,35)15-14-33(27,34)7;1-3(5)2-4;;/h23,25-33,42-43H,10-22H2,1-9H3;21-30,37-39H,9-20H2,1-8H3;2H,1H3;2*1H4/t23-,25-,26+,27+,28+,29+,30+,31+,32+,33+,36-,37-,38-,39+;21-,22-,23+,24+,25+,26+,27+,28+,29+,30+,33-,34-,35-,36+;;;/m11.../s1. The molecular weight excluding hydrogens is 1230 g/mol. The van der Waals surface area contributed by atoms with Gasteiger partial charge in [0.2, 0.25) is 0 Å². The first-order valence-electron chi connectivity index (χ1n) is 38.2. The minimum atomic E-state index is -1.02. The van der Waals surface area contributed by atoms with Crippen LogP contribution in [0, 0.1) is 101 Å². The highest BCUT2D eigenvalue weighted by Crippen LogP contribution is 2.91. The number of nitrogens with zero attached hydrogens (tertiary/aromatic N) is 1. The van der Waals surface area contributed by atoms with Crippen LogP contribution in [0.15, 0.2) is 0 Å². The van der Waals surface area contributed by atoms with Crippen molar-refractivity contribution in [3.63, 3.8) is 0 Å². The summed E-state index contributed by atoms with van der Waals surface area (Å²) < 4.78 is 51.7. The zero-order valence-electron chi connectivity index (χ0n) is 62.0. The predicted molar refractivity (Wildman–Crippen MR) is 375 cm³/mol. The maximum absolute atomic E-state index is 12.6. The molecule has 0 aromatic carbocycles. The van der Waals surface area contributed by atoms with Gasteiger partial charge in [0.15, 0.2) is 24.6 Å². The fourth-order valence-electron chi connectivity index (χ4n) is 27.6. The number of aliphatic hydroxyl groups excluding tert-OH is 2. The molecule has 17 heteroatoms. The number of rotatable bonds is 15. The number of aliphatic hydroxyl groups is 4. The number of ketones is 2. The molecule has 4 saturated heterocycles. The molecular formula is C80H138N2O15. The van der Waals surface area contributed by atoms with Crippen LogP contribution in [-0.4, -0.2) is 187 Å². The highest BCUT2D eigenvalue weighted by atomic mass is 16.7. The second kappa shape index (κ2) is 27.1. The molecule has 28 atom stereocenters. The summed E-state index contributed by atoms with van der Waals surface area (Å²) in [6.07, 6.45) is 16.0. The lowest BCUT2D eigenvalue weighted by molar-refractivity contribution is -0.248. The van der Waals surface area contributed by atoms with E-state index >= 15 is 0 Å². The lowest BCUT2D eigenvalue weighted by Gasteiger charge is -2.64. The van der Waals surface area contributed by atoms with Gasteiger partial charge < -0.3 is 63.6 Å². The Balaban J connectivity index is 0.000000194. The summed E-state index contributed by atoms with van der Waals surface area (Å²) in [6.45, 7) is 44.7. The van der Waals surface area contributed by atoms with Crippen LogP contribution >= 0.6 is 0 Å². The van der Waals surface area contributed by atoms with Crippen LogP contribution in [0.3, 0.4) is 0 Å². The molecule has 558 valence electrons. The summed E-state index contributed by atoms with van der Waals surface area (Å²) in [5, 5.41) is 50.6. The SMILES string of the molecule is C.C.CC(=O)C=O.CCO[C@@H]([C@H]1C[C@@H](C)[C@H]2[C@H](O1)[C@H](O)[C@@]1(C)[C@@H]3CC[C@H]4C(C)(C)[C@@H](O[C@H]5CN(CC(C)=O)CCO5)CC[C@@]45C[C@@]35CC[C@]21C)C(C)(C)O.CCO[C@@H]([C@H]1C[C@@H](C)[C@H]2[C@H](O1)[C@H](O)[C@@]1(C)[C@@H]3CC[C@H]4C(C)(C)[C@@H](O[C@H]5CNCCO5)CC[C@@]45C[C@@]35CC[C@]21C)C(C)(C)O. The van der Waals surface area contributed by atoms with Gasteiger partial charge in [-0.2, -0.15) is 0 Å².